The molecule has 0 aromatic heterocycles. The van der Waals surface area contributed by atoms with Crippen LogP contribution in [0.3, 0.4) is 0 Å². The molecule has 0 aromatic carbocycles. The smallest absolute Gasteiger partial charge is 0.0839 e. The summed E-state index contributed by atoms with van der Waals surface area (Å²) in [5, 5.41) is 18.5. The Hall–Kier alpha value is -0.810. The lowest BCUT2D eigenvalue weighted by molar-refractivity contribution is 0.0250. The van der Waals surface area contributed by atoms with E-state index in [1.807, 2.05) is 0 Å². The van der Waals surface area contributed by atoms with Crippen molar-refractivity contribution >= 4 is 0 Å². The molecule has 1 aliphatic carbocycles. The highest BCUT2D eigenvalue weighted by Crippen LogP contribution is 2.37. The molecular weight excluding hydrogens is 138 g/mol. The molecule has 2 atom stereocenters. The number of hydrogen-bond acceptors (Lipinski definition) is 2. The topological polar surface area (TPSA) is 44.0 Å². The molecule has 1 saturated carbocycles. The maximum Gasteiger partial charge on any atom is 0.0839 e. The summed E-state index contributed by atoms with van der Waals surface area (Å²) >= 11 is 0. The second-order valence-electron chi connectivity index (χ2n) is 3.17. The Bertz CT molecular complexity index is 194. The molecule has 0 radical (unpaired) electrons. The third kappa shape index (κ3) is 1.44. The van der Waals surface area contributed by atoms with Gasteiger partial charge in [-0.2, -0.15) is 5.26 Å². The minimum atomic E-state index is -0.767. The van der Waals surface area contributed by atoms with Gasteiger partial charge in [-0.3, -0.25) is 0 Å². The van der Waals surface area contributed by atoms with E-state index in [2.05, 4.69) is 12.6 Å². The van der Waals surface area contributed by atoms with Crippen LogP contribution in [0.1, 0.15) is 25.7 Å². The quantitative estimate of drug-likeness (QED) is 0.609. The van der Waals surface area contributed by atoms with E-state index in [0.29, 0.717) is 6.42 Å². The maximum absolute atomic E-state index is 9.86. The molecule has 2 nitrogen and oxygen atoms in total. The Kier molecular flexibility index (Phi) is 2.31. The van der Waals surface area contributed by atoms with Gasteiger partial charge in [-0.05, 0) is 25.7 Å². The number of rotatable bonds is 2. The van der Waals surface area contributed by atoms with Crippen LogP contribution in [0, 0.1) is 17.2 Å². The molecule has 0 amide bonds. The zero-order valence-corrected chi connectivity index (χ0v) is 6.58. The van der Waals surface area contributed by atoms with Gasteiger partial charge >= 0.3 is 0 Å². The van der Waals surface area contributed by atoms with Gasteiger partial charge in [0.05, 0.1) is 17.6 Å². The van der Waals surface area contributed by atoms with E-state index < -0.39 is 5.60 Å². The third-order valence-corrected chi connectivity index (χ3v) is 2.40. The summed E-state index contributed by atoms with van der Waals surface area (Å²) in [5.74, 6) is -0.180. The van der Waals surface area contributed by atoms with Crippen LogP contribution in [-0.4, -0.2) is 10.7 Å². The SMILES string of the molecule is C=CC[C@@]1(O)CCC[C@@H]1C#N. The van der Waals surface area contributed by atoms with Gasteiger partial charge in [-0.15, -0.1) is 6.58 Å². The first kappa shape index (κ1) is 8.29. The van der Waals surface area contributed by atoms with Crippen LogP contribution in [-0.2, 0) is 0 Å². The Morgan fingerprint density at radius 1 is 1.82 bits per heavy atom. The Morgan fingerprint density at radius 3 is 3.09 bits per heavy atom. The molecule has 2 heteroatoms. The van der Waals surface area contributed by atoms with Gasteiger partial charge in [0.15, 0.2) is 0 Å². The highest BCUT2D eigenvalue weighted by molar-refractivity contribution is 5.05. The van der Waals surface area contributed by atoms with Crippen molar-refractivity contribution in [2.45, 2.75) is 31.3 Å². The summed E-state index contributed by atoms with van der Waals surface area (Å²) < 4.78 is 0. The summed E-state index contributed by atoms with van der Waals surface area (Å²) in [6.45, 7) is 3.57. The van der Waals surface area contributed by atoms with Gasteiger partial charge in [-0.1, -0.05) is 6.08 Å². The van der Waals surface area contributed by atoms with Crippen LogP contribution < -0.4 is 0 Å². The van der Waals surface area contributed by atoms with E-state index in [0.717, 1.165) is 19.3 Å². The fourth-order valence-corrected chi connectivity index (χ4v) is 1.73. The summed E-state index contributed by atoms with van der Waals surface area (Å²) in [4.78, 5) is 0. The molecule has 0 unspecified atom stereocenters. The van der Waals surface area contributed by atoms with E-state index in [9.17, 15) is 5.11 Å². The van der Waals surface area contributed by atoms with Crippen LogP contribution in [0.5, 0.6) is 0 Å². The largest absolute Gasteiger partial charge is 0.388 e. The molecule has 0 heterocycles. The first-order chi connectivity index (χ1) is 5.23. The van der Waals surface area contributed by atoms with Crippen LogP contribution in [0.25, 0.3) is 0 Å². The first-order valence-corrected chi connectivity index (χ1v) is 3.96. The van der Waals surface area contributed by atoms with Gasteiger partial charge in [0.25, 0.3) is 0 Å². The molecule has 1 aliphatic rings. The summed E-state index contributed by atoms with van der Waals surface area (Å²) in [7, 11) is 0. The number of nitrogens with zero attached hydrogens (tertiary/aromatic N) is 1. The second kappa shape index (κ2) is 3.06. The van der Waals surface area contributed by atoms with Crippen LogP contribution in [0.15, 0.2) is 12.7 Å². The molecule has 0 aliphatic heterocycles. The van der Waals surface area contributed by atoms with Gasteiger partial charge in [0.2, 0.25) is 0 Å². The van der Waals surface area contributed by atoms with Gasteiger partial charge in [-0.25, -0.2) is 0 Å². The predicted molar refractivity (Wildman–Crippen MR) is 42.7 cm³/mol. The second-order valence-corrected chi connectivity index (χ2v) is 3.17. The van der Waals surface area contributed by atoms with Crippen molar-refractivity contribution in [3.05, 3.63) is 12.7 Å². The molecule has 0 saturated heterocycles. The first-order valence-electron chi connectivity index (χ1n) is 3.96. The molecular formula is C9H13NO. The molecule has 0 bridgehead atoms. The molecule has 1 N–H and O–H groups in total. The molecule has 0 spiro atoms. The predicted octanol–water partition coefficient (Wildman–Crippen LogP) is 1.62. The summed E-state index contributed by atoms with van der Waals surface area (Å²) in [5.41, 5.74) is -0.767. The number of aliphatic hydroxyl groups is 1. The third-order valence-electron chi connectivity index (χ3n) is 2.40. The Morgan fingerprint density at radius 2 is 2.55 bits per heavy atom. The average molecular weight is 151 g/mol. The fourth-order valence-electron chi connectivity index (χ4n) is 1.73. The standard InChI is InChI=1S/C9H13NO/c1-2-5-9(11)6-3-4-8(9)7-10/h2,8,11H,1,3-6H2/t8-,9-/m1/s1. The maximum atomic E-state index is 9.86. The van der Waals surface area contributed by atoms with Crippen molar-refractivity contribution in [2.75, 3.05) is 0 Å². The zero-order chi connectivity index (χ0) is 8.32. The van der Waals surface area contributed by atoms with E-state index in [-0.39, 0.29) is 5.92 Å². The minimum Gasteiger partial charge on any atom is -0.388 e. The van der Waals surface area contributed by atoms with Gasteiger partial charge in [0, 0.05) is 0 Å². The van der Waals surface area contributed by atoms with Crippen LogP contribution in [0.2, 0.25) is 0 Å². The molecule has 1 rings (SSSR count). The summed E-state index contributed by atoms with van der Waals surface area (Å²) in [6, 6.07) is 2.14. The van der Waals surface area contributed by atoms with Crippen molar-refractivity contribution in [3.8, 4) is 6.07 Å². The fraction of sp³-hybridized carbons (Fsp3) is 0.667. The Labute approximate surface area is 67.2 Å². The highest BCUT2D eigenvalue weighted by Gasteiger charge is 2.39. The molecule has 0 aromatic rings. The molecule has 60 valence electrons. The lowest BCUT2D eigenvalue weighted by atomic mass is 9.89. The van der Waals surface area contributed by atoms with E-state index in [4.69, 9.17) is 5.26 Å². The average Bonchev–Trinajstić information content (AvgIpc) is 2.31. The lowest BCUT2D eigenvalue weighted by Gasteiger charge is -2.23. The van der Waals surface area contributed by atoms with E-state index in [1.54, 1.807) is 6.08 Å². The number of nitriles is 1. The monoisotopic (exact) mass is 151 g/mol. The Balaban J connectivity index is 2.68. The lowest BCUT2D eigenvalue weighted by Crippen LogP contribution is -2.31. The van der Waals surface area contributed by atoms with Gasteiger partial charge in [0.1, 0.15) is 0 Å². The van der Waals surface area contributed by atoms with Crippen molar-refractivity contribution < 1.29 is 5.11 Å². The van der Waals surface area contributed by atoms with Crippen molar-refractivity contribution in [3.63, 3.8) is 0 Å². The van der Waals surface area contributed by atoms with Crippen molar-refractivity contribution in [2.24, 2.45) is 5.92 Å². The molecule has 11 heavy (non-hydrogen) atoms. The minimum absolute atomic E-state index is 0.180. The van der Waals surface area contributed by atoms with Crippen molar-refractivity contribution in [1.29, 1.82) is 5.26 Å². The van der Waals surface area contributed by atoms with Crippen LogP contribution in [0.4, 0.5) is 0 Å². The van der Waals surface area contributed by atoms with Gasteiger partial charge < -0.3 is 5.11 Å². The van der Waals surface area contributed by atoms with E-state index >= 15 is 0 Å². The number of hydrogen-bond donors (Lipinski definition) is 1. The summed E-state index contributed by atoms with van der Waals surface area (Å²) in [6.07, 6.45) is 4.78. The van der Waals surface area contributed by atoms with Crippen LogP contribution >= 0.6 is 0 Å². The zero-order valence-electron chi connectivity index (χ0n) is 6.58. The highest BCUT2D eigenvalue weighted by atomic mass is 16.3. The van der Waals surface area contributed by atoms with E-state index in [1.165, 1.54) is 0 Å². The van der Waals surface area contributed by atoms with Crippen molar-refractivity contribution in [1.82, 2.24) is 0 Å². The normalized spacial score (nSPS) is 36.5. The molecule has 1 fully saturated rings.